The number of Topliss-reactive ketones (excluding diaryl/α,β-unsaturated/α-hetero) is 1. The summed E-state index contributed by atoms with van der Waals surface area (Å²) in [5, 5.41) is 9.04. The Morgan fingerprint density at radius 2 is 1.62 bits per heavy atom. The lowest BCUT2D eigenvalue weighted by Gasteiger charge is -2.44. The lowest BCUT2D eigenvalue weighted by atomic mass is 9.73. The summed E-state index contributed by atoms with van der Waals surface area (Å²) in [6.07, 6.45) is 3.91. The Morgan fingerprint density at radius 1 is 0.974 bits per heavy atom. The molecule has 2 fully saturated rings. The fraction of sp³-hybridized carbons (Fsp3) is 0.464. The Kier molecular flexibility index (Phi) is 8.32. The van der Waals surface area contributed by atoms with Crippen molar-refractivity contribution in [3.63, 3.8) is 0 Å². The highest BCUT2D eigenvalue weighted by molar-refractivity contribution is 6.39. The molecule has 0 aromatic heterocycles. The molecule has 1 saturated carbocycles. The number of hydrazine groups is 1. The van der Waals surface area contributed by atoms with E-state index in [4.69, 9.17) is 43.5 Å². The summed E-state index contributed by atoms with van der Waals surface area (Å²) in [4.78, 5) is 28.6. The zero-order chi connectivity index (χ0) is 27.7. The van der Waals surface area contributed by atoms with Crippen LogP contribution >= 0.6 is 23.2 Å². The van der Waals surface area contributed by atoms with Crippen molar-refractivity contribution in [3.05, 3.63) is 51.5 Å². The van der Waals surface area contributed by atoms with Gasteiger partial charge in [-0.3, -0.25) is 14.5 Å². The Balaban J connectivity index is 1.32. The van der Waals surface area contributed by atoms with Crippen LogP contribution in [0.2, 0.25) is 10.0 Å². The molecule has 0 spiro atoms. The molecule has 2 aliphatic heterocycles. The van der Waals surface area contributed by atoms with E-state index in [1.807, 2.05) is 23.2 Å². The number of carbonyl (C=O) groups is 2. The topological polar surface area (TPSA) is 101 Å². The Labute approximate surface area is 238 Å². The van der Waals surface area contributed by atoms with Gasteiger partial charge in [-0.05, 0) is 43.2 Å². The highest BCUT2D eigenvalue weighted by atomic mass is 35.5. The average molecular weight is 575 g/mol. The van der Waals surface area contributed by atoms with E-state index >= 15 is 0 Å². The number of rotatable bonds is 7. The van der Waals surface area contributed by atoms with Gasteiger partial charge in [0.25, 0.3) is 5.91 Å². The van der Waals surface area contributed by atoms with Gasteiger partial charge in [-0.25, -0.2) is 0 Å². The SMILES string of the molecule is COc1ccc(C2=NN(N3CCN(CC(=O)c4cc(Cl)c(N)c(Cl)c4)CC3)C(=O)C3CCCCC23)cc1OC. The van der Waals surface area contributed by atoms with Crippen molar-refractivity contribution in [2.75, 3.05) is 52.7 Å². The van der Waals surface area contributed by atoms with Gasteiger partial charge < -0.3 is 15.2 Å². The zero-order valence-corrected chi connectivity index (χ0v) is 23.7. The Morgan fingerprint density at radius 3 is 2.26 bits per heavy atom. The molecule has 9 nitrogen and oxygen atoms in total. The number of amides is 1. The number of benzene rings is 2. The average Bonchev–Trinajstić information content (AvgIpc) is 2.96. The summed E-state index contributed by atoms with van der Waals surface area (Å²) >= 11 is 12.2. The number of nitrogen functional groups attached to an aromatic ring is 1. The lowest BCUT2D eigenvalue weighted by molar-refractivity contribution is -0.161. The second-order valence-electron chi connectivity index (χ2n) is 10.2. The van der Waals surface area contributed by atoms with Crippen molar-refractivity contribution in [2.45, 2.75) is 25.7 Å². The van der Waals surface area contributed by atoms with Crippen molar-refractivity contribution in [3.8, 4) is 11.5 Å². The van der Waals surface area contributed by atoms with Gasteiger partial charge in [0, 0.05) is 49.1 Å². The quantitative estimate of drug-likeness (QED) is 0.388. The van der Waals surface area contributed by atoms with Crippen LogP contribution in [0.4, 0.5) is 5.69 Å². The molecule has 39 heavy (non-hydrogen) atoms. The van der Waals surface area contributed by atoms with Crippen molar-refractivity contribution in [2.24, 2.45) is 16.9 Å². The van der Waals surface area contributed by atoms with E-state index in [1.165, 1.54) is 0 Å². The fourth-order valence-electron chi connectivity index (χ4n) is 5.72. The minimum absolute atomic E-state index is 0.0552. The number of ether oxygens (including phenoxy) is 2. The first-order chi connectivity index (χ1) is 18.8. The van der Waals surface area contributed by atoms with Crippen LogP contribution in [-0.4, -0.2) is 79.4 Å². The van der Waals surface area contributed by atoms with E-state index < -0.39 is 0 Å². The van der Waals surface area contributed by atoms with Crippen LogP contribution in [0.15, 0.2) is 35.4 Å². The van der Waals surface area contributed by atoms with E-state index in [1.54, 1.807) is 31.5 Å². The largest absolute Gasteiger partial charge is 0.493 e. The molecule has 0 radical (unpaired) electrons. The first kappa shape index (κ1) is 27.7. The summed E-state index contributed by atoms with van der Waals surface area (Å²) < 4.78 is 11.0. The number of fused-ring (bicyclic) bond motifs is 1. The van der Waals surface area contributed by atoms with E-state index in [-0.39, 0.29) is 45.8 Å². The van der Waals surface area contributed by atoms with E-state index in [9.17, 15) is 9.59 Å². The van der Waals surface area contributed by atoms with Gasteiger partial charge in [0.2, 0.25) is 0 Å². The summed E-state index contributed by atoms with van der Waals surface area (Å²) in [5.41, 5.74) is 8.35. The Hall–Kier alpha value is -2.85. The van der Waals surface area contributed by atoms with Crippen molar-refractivity contribution < 1.29 is 19.1 Å². The molecule has 2 aromatic carbocycles. The van der Waals surface area contributed by atoms with E-state index in [0.717, 1.165) is 37.0 Å². The maximum Gasteiger partial charge on any atom is 0.261 e. The van der Waals surface area contributed by atoms with Gasteiger partial charge in [0.05, 0.1) is 42.2 Å². The number of hydrazone groups is 1. The van der Waals surface area contributed by atoms with E-state index in [2.05, 4.69) is 4.90 Å². The number of hydrogen-bond donors (Lipinski definition) is 1. The predicted octanol–water partition coefficient (Wildman–Crippen LogP) is 4.36. The summed E-state index contributed by atoms with van der Waals surface area (Å²) in [7, 11) is 3.23. The highest BCUT2D eigenvalue weighted by Gasteiger charge is 2.43. The molecule has 2 unspecified atom stereocenters. The van der Waals surface area contributed by atoms with Gasteiger partial charge in [-0.2, -0.15) is 15.2 Å². The third-order valence-electron chi connectivity index (χ3n) is 7.90. The highest BCUT2D eigenvalue weighted by Crippen LogP contribution is 2.39. The monoisotopic (exact) mass is 573 g/mol. The summed E-state index contributed by atoms with van der Waals surface area (Å²) in [5.74, 6) is 1.24. The molecule has 3 aliphatic rings. The van der Waals surface area contributed by atoms with Crippen LogP contribution in [0, 0.1) is 11.8 Å². The molecular weight excluding hydrogens is 541 g/mol. The summed E-state index contributed by atoms with van der Waals surface area (Å²) in [6.45, 7) is 2.59. The van der Waals surface area contributed by atoms with Crippen LogP contribution in [0.3, 0.4) is 0 Å². The molecule has 1 saturated heterocycles. The number of piperazine rings is 1. The van der Waals surface area contributed by atoms with Crippen molar-refractivity contribution >= 4 is 46.3 Å². The van der Waals surface area contributed by atoms with Gasteiger partial charge in [-0.15, -0.1) is 0 Å². The maximum atomic E-state index is 13.6. The lowest BCUT2D eigenvalue weighted by Crippen LogP contribution is -2.58. The van der Waals surface area contributed by atoms with Crippen LogP contribution in [-0.2, 0) is 4.79 Å². The first-order valence-electron chi connectivity index (χ1n) is 13.2. The van der Waals surface area contributed by atoms with Crippen LogP contribution in [0.25, 0.3) is 0 Å². The van der Waals surface area contributed by atoms with Crippen molar-refractivity contribution in [1.82, 2.24) is 15.0 Å². The second-order valence-corrected chi connectivity index (χ2v) is 11.0. The number of nitrogens with zero attached hydrogens (tertiary/aromatic N) is 4. The molecule has 2 heterocycles. The van der Waals surface area contributed by atoms with E-state index in [0.29, 0.717) is 43.2 Å². The van der Waals surface area contributed by atoms with Gasteiger partial charge in [0.1, 0.15) is 0 Å². The molecule has 2 aromatic rings. The fourth-order valence-corrected chi connectivity index (χ4v) is 6.21. The second kappa shape index (κ2) is 11.7. The minimum Gasteiger partial charge on any atom is -0.493 e. The molecule has 1 amide bonds. The standard InChI is InChI=1S/C28H33Cl2N5O4/c1-38-24-8-7-17(15-25(24)39-2)27-19-5-3-4-6-20(19)28(37)35(32-27)34-11-9-33(10-12-34)16-23(36)18-13-21(29)26(31)22(30)14-18/h7-8,13-15,19-20H,3-6,9-12,16,31H2,1-2H3. The maximum absolute atomic E-state index is 13.6. The molecule has 2 atom stereocenters. The van der Waals surface area contributed by atoms with Crippen LogP contribution < -0.4 is 15.2 Å². The normalized spacial score (nSPS) is 22.3. The third-order valence-corrected chi connectivity index (χ3v) is 8.52. The molecule has 0 bridgehead atoms. The van der Waals surface area contributed by atoms with Gasteiger partial charge in [0.15, 0.2) is 17.3 Å². The van der Waals surface area contributed by atoms with Crippen molar-refractivity contribution in [1.29, 1.82) is 0 Å². The number of ketones is 1. The molecule has 208 valence electrons. The zero-order valence-electron chi connectivity index (χ0n) is 22.2. The smallest absolute Gasteiger partial charge is 0.261 e. The predicted molar refractivity (Wildman–Crippen MR) is 152 cm³/mol. The first-order valence-corrected chi connectivity index (χ1v) is 14.0. The van der Waals surface area contributed by atoms with Crippen LogP contribution in [0.5, 0.6) is 11.5 Å². The third kappa shape index (κ3) is 5.59. The molecule has 5 rings (SSSR count). The van der Waals surface area contributed by atoms with Crippen LogP contribution in [0.1, 0.15) is 41.6 Å². The molecule has 11 heteroatoms. The number of halogens is 2. The number of carbonyl (C=O) groups excluding carboxylic acids is 2. The molecule has 2 N–H and O–H groups in total. The number of anilines is 1. The molecule has 1 aliphatic carbocycles. The number of hydrogen-bond acceptors (Lipinski definition) is 8. The van der Waals surface area contributed by atoms with Gasteiger partial charge in [-0.1, -0.05) is 36.0 Å². The minimum atomic E-state index is -0.0982. The summed E-state index contributed by atoms with van der Waals surface area (Å²) in [6, 6.07) is 8.92. The molecular formula is C28H33Cl2N5O4. The van der Waals surface area contributed by atoms with Gasteiger partial charge >= 0.3 is 0 Å². The number of nitrogens with two attached hydrogens (primary N) is 1. The Bertz CT molecular complexity index is 1270. The number of methoxy groups -OCH3 is 2.